The van der Waals surface area contributed by atoms with Crippen molar-refractivity contribution in [3.8, 4) is 22.3 Å². The van der Waals surface area contributed by atoms with Gasteiger partial charge in [0, 0.05) is 0 Å². The molecule has 0 aromatic heterocycles. The fourth-order valence-electron chi connectivity index (χ4n) is 7.69. The van der Waals surface area contributed by atoms with Crippen molar-refractivity contribution in [3.05, 3.63) is 129 Å². The van der Waals surface area contributed by atoms with Crippen molar-refractivity contribution in [2.45, 2.75) is 66.0 Å². The molecule has 0 aliphatic heterocycles. The first-order valence-electron chi connectivity index (χ1n) is 16.1. The summed E-state index contributed by atoms with van der Waals surface area (Å²) in [6.45, 7) is 13.6. The molecule has 2 aliphatic rings. The van der Waals surface area contributed by atoms with Gasteiger partial charge in [-0.05, 0) is 104 Å². The monoisotopic (exact) mass is 660 g/mol. The van der Waals surface area contributed by atoms with Crippen molar-refractivity contribution in [1.29, 1.82) is 0 Å². The Hall–Kier alpha value is -3.84. The zero-order valence-electron chi connectivity index (χ0n) is 27.4. The Morgan fingerprint density at radius 2 is 0.851 bits per heavy atom. The van der Waals surface area contributed by atoms with Crippen LogP contribution in [0.3, 0.4) is 0 Å². The molecule has 0 radical (unpaired) electrons. The number of alkyl halides is 6. The minimum atomic E-state index is -4.41. The summed E-state index contributed by atoms with van der Waals surface area (Å²) in [5.74, 6) is 0.498. The van der Waals surface area contributed by atoms with Gasteiger partial charge in [-0.3, -0.25) is 0 Å². The molecular weight excluding hydrogens is 623 g/mol. The van der Waals surface area contributed by atoms with Crippen LogP contribution >= 0.6 is 0 Å². The number of benzene rings is 4. The van der Waals surface area contributed by atoms with Crippen molar-refractivity contribution >= 4 is 18.5 Å². The fourth-order valence-corrected chi connectivity index (χ4v) is 12.1. The van der Waals surface area contributed by atoms with Crippen LogP contribution in [-0.4, -0.2) is 8.07 Å². The molecule has 4 aromatic rings. The Bertz CT molecular complexity index is 1760. The van der Waals surface area contributed by atoms with Crippen molar-refractivity contribution < 1.29 is 26.3 Å². The van der Waals surface area contributed by atoms with E-state index in [1.165, 1.54) is 32.7 Å². The van der Waals surface area contributed by atoms with Gasteiger partial charge in [-0.15, -0.1) is 0 Å². The van der Waals surface area contributed by atoms with E-state index in [1.54, 1.807) is 24.3 Å². The third kappa shape index (κ3) is 5.81. The van der Waals surface area contributed by atoms with Gasteiger partial charge in [-0.25, -0.2) is 0 Å². The van der Waals surface area contributed by atoms with Crippen molar-refractivity contribution in [1.82, 2.24) is 0 Å². The van der Waals surface area contributed by atoms with E-state index in [-0.39, 0.29) is 11.8 Å². The van der Waals surface area contributed by atoms with E-state index >= 15 is 0 Å². The smallest absolute Gasteiger partial charge is 0.166 e. The standard InChI is InChI=1S/C40H38F6Si/c1-23(2)33-21-27-9-7-11-31(25-13-17-29(18-14-25)39(41,42)43)35(27)37(33)47(5,6)38-34(24(3)4)22-28-10-8-12-32(36(28)38)26-15-19-30(20-16-26)40(44,45)46/h7-20,23-24H,21-22H2,1-6H3. The van der Waals surface area contributed by atoms with Crippen molar-refractivity contribution in [2.75, 3.05) is 0 Å². The van der Waals surface area contributed by atoms with E-state index in [2.05, 4.69) is 52.9 Å². The molecule has 0 saturated heterocycles. The van der Waals surface area contributed by atoms with E-state index in [9.17, 15) is 26.3 Å². The minimum absolute atomic E-state index is 0.249. The second-order valence-corrected chi connectivity index (χ2v) is 18.2. The summed E-state index contributed by atoms with van der Waals surface area (Å²) < 4.78 is 80.8. The normalized spacial score (nSPS) is 15.3. The summed E-state index contributed by atoms with van der Waals surface area (Å²) in [7, 11) is -2.60. The highest BCUT2D eigenvalue weighted by Crippen LogP contribution is 2.54. The maximum atomic E-state index is 13.5. The molecule has 244 valence electrons. The number of halogens is 6. The molecule has 0 fully saturated rings. The maximum Gasteiger partial charge on any atom is 0.416 e. The first-order chi connectivity index (χ1) is 22.0. The predicted octanol–water partition coefficient (Wildman–Crippen LogP) is 12.5. The molecule has 6 rings (SSSR count). The molecule has 0 spiro atoms. The Morgan fingerprint density at radius 1 is 0.511 bits per heavy atom. The molecule has 0 nitrogen and oxygen atoms in total. The largest absolute Gasteiger partial charge is 0.416 e. The van der Waals surface area contributed by atoms with Crippen LogP contribution in [0.25, 0.3) is 32.6 Å². The van der Waals surface area contributed by atoms with E-state index in [4.69, 9.17) is 0 Å². The van der Waals surface area contributed by atoms with Gasteiger partial charge >= 0.3 is 12.4 Å². The van der Waals surface area contributed by atoms with Crippen molar-refractivity contribution in [3.63, 3.8) is 0 Å². The second kappa shape index (κ2) is 11.7. The van der Waals surface area contributed by atoms with Crippen molar-refractivity contribution in [2.24, 2.45) is 11.8 Å². The molecule has 47 heavy (non-hydrogen) atoms. The maximum absolute atomic E-state index is 13.5. The van der Waals surface area contributed by atoms with E-state index in [0.717, 1.165) is 70.5 Å². The Balaban J connectivity index is 1.57. The van der Waals surface area contributed by atoms with E-state index < -0.39 is 31.6 Å². The molecule has 7 heteroatoms. The average molecular weight is 661 g/mol. The molecule has 4 aromatic carbocycles. The number of fused-ring (bicyclic) bond motifs is 2. The molecule has 0 amide bonds. The van der Waals surface area contributed by atoms with E-state index in [1.807, 2.05) is 24.3 Å². The number of hydrogen-bond acceptors (Lipinski definition) is 0. The lowest BCUT2D eigenvalue weighted by Crippen LogP contribution is -2.33. The SMILES string of the molecule is CC(C)C1=C([Si](C)(C)C2=C(C(C)C)Cc3cccc(-c4ccc(C(F)(F)F)cc4)c32)c2c(cccc2-c2ccc(C(F)(F)F)cc2)C1. The molecule has 2 aliphatic carbocycles. The molecule has 0 atom stereocenters. The quantitative estimate of drug-likeness (QED) is 0.143. The third-order valence-corrected chi connectivity index (χ3v) is 13.5. The number of hydrogen-bond donors (Lipinski definition) is 0. The van der Waals surface area contributed by atoms with Gasteiger partial charge in [-0.1, -0.05) is 113 Å². The summed E-state index contributed by atoms with van der Waals surface area (Å²) in [6, 6.07) is 23.2. The van der Waals surface area contributed by atoms with Crippen LogP contribution in [-0.2, 0) is 25.2 Å². The first-order valence-corrected chi connectivity index (χ1v) is 19.1. The third-order valence-electron chi connectivity index (χ3n) is 9.90. The summed E-state index contributed by atoms with van der Waals surface area (Å²) >= 11 is 0. The Morgan fingerprint density at radius 3 is 1.15 bits per heavy atom. The zero-order chi connectivity index (χ0) is 34.1. The summed E-state index contributed by atoms with van der Waals surface area (Å²) in [5.41, 5.74) is 9.35. The van der Waals surface area contributed by atoms with Crippen LogP contribution in [0.1, 0.15) is 61.1 Å². The van der Waals surface area contributed by atoms with Crippen LogP contribution in [0, 0.1) is 11.8 Å². The van der Waals surface area contributed by atoms with Crippen LogP contribution < -0.4 is 0 Å². The second-order valence-electron chi connectivity index (χ2n) is 13.9. The van der Waals surface area contributed by atoms with Gasteiger partial charge in [0.25, 0.3) is 0 Å². The van der Waals surface area contributed by atoms with Gasteiger partial charge in [0.1, 0.15) is 8.07 Å². The molecule has 0 saturated carbocycles. The van der Waals surface area contributed by atoms with Gasteiger partial charge < -0.3 is 0 Å². The lowest BCUT2D eigenvalue weighted by Gasteiger charge is -2.34. The van der Waals surface area contributed by atoms with Gasteiger partial charge in [0.15, 0.2) is 0 Å². The lowest BCUT2D eigenvalue weighted by molar-refractivity contribution is -0.138. The number of rotatable bonds is 6. The summed E-state index contributed by atoms with van der Waals surface area (Å²) in [6.07, 6.45) is -7.26. The lowest BCUT2D eigenvalue weighted by atomic mass is 9.96. The predicted molar refractivity (Wildman–Crippen MR) is 182 cm³/mol. The van der Waals surface area contributed by atoms with Gasteiger partial charge in [-0.2, -0.15) is 26.3 Å². The molecule has 0 unspecified atom stereocenters. The van der Waals surface area contributed by atoms with E-state index in [0.29, 0.717) is 0 Å². The Kier molecular flexibility index (Phi) is 8.23. The van der Waals surface area contributed by atoms with Crippen LogP contribution in [0.15, 0.2) is 96.1 Å². The highest BCUT2D eigenvalue weighted by molar-refractivity contribution is 7.09. The molecule has 0 heterocycles. The highest BCUT2D eigenvalue weighted by Gasteiger charge is 2.44. The van der Waals surface area contributed by atoms with Crippen LogP contribution in [0.5, 0.6) is 0 Å². The van der Waals surface area contributed by atoms with Gasteiger partial charge in [0.2, 0.25) is 0 Å². The minimum Gasteiger partial charge on any atom is -0.166 e. The molecule has 0 N–H and O–H groups in total. The highest BCUT2D eigenvalue weighted by atomic mass is 28.3. The topological polar surface area (TPSA) is 0 Å². The van der Waals surface area contributed by atoms with Crippen LogP contribution in [0.2, 0.25) is 13.1 Å². The van der Waals surface area contributed by atoms with Gasteiger partial charge in [0.05, 0.1) is 11.1 Å². The number of allylic oxidation sites excluding steroid dienone is 2. The van der Waals surface area contributed by atoms with Crippen LogP contribution in [0.4, 0.5) is 26.3 Å². The molecular formula is C40H38F6Si. The molecule has 0 bridgehead atoms. The summed E-state index contributed by atoms with van der Waals surface area (Å²) in [4.78, 5) is 0. The summed E-state index contributed by atoms with van der Waals surface area (Å²) in [5, 5.41) is 2.64. The average Bonchev–Trinajstić information content (AvgIpc) is 3.61. The Labute approximate surface area is 273 Å². The zero-order valence-corrected chi connectivity index (χ0v) is 28.4. The first kappa shape index (κ1) is 33.1. The fraction of sp³-hybridized carbons (Fsp3) is 0.300.